The number of hydrogen-bond donors (Lipinski definition) is 2. The summed E-state index contributed by atoms with van der Waals surface area (Å²) in [6.45, 7) is 8.50. The maximum Gasteiger partial charge on any atom is 0.225 e. The van der Waals surface area contributed by atoms with Gasteiger partial charge in [-0.2, -0.15) is 0 Å². The summed E-state index contributed by atoms with van der Waals surface area (Å²) in [6, 6.07) is 0.274. The third-order valence-corrected chi connectivity index (χ3v) is 6.31. The van der Waals surface area contributed by atoms with Crippen molar-refractivity contribution in [2.75, 3.05) is 59.4 Å². The van der Waals surface area contributed by atoms with Crippen molar-refractivity contribution >= 4 is 17.8 Å². The van der Waals surface area contributed by atoms with Gasteiger partial charge in [0.25, 0.3) is 0 Å². The van der Waals surface area contributed by atoms with Gasteiger partial charge in [0.1, 0.15) is 0 Å². The lowest BCUT2D eigenvalue weighted by Crippen LogP contribution is -2.51. The van der Waals surface area contributed by atoms with Gasteiger partial charge in [-0.3, -0.25) is 19.5 Å². The fourth-order valence-corrected chi connectivity index (χ4v) is 4.52. The minimum atomic E-state index is 0.166. The monoisotopic (exact) mass is 392 g/mol. The summed E-state index contributed by atoms with van der Waals surface area (Å²) in [5, 5.41) is 6.86. The fourth-order valence-electron chi connectivity index (χ4n) is 4.52. The van der Waals surface area contributed by atoms with Crippen LogP contribution in [0.5, 0.6) is 0 Å². The first-order valence-corrected chi connectivity index (χ1v) is 10.8. The highest BCUT2D eigenvalue weighted by Gasteiger charge is 2.32. The van der Waals surface area contributed by atoms with E-state index in [1.165, 1.54) is 12.8 Å². The lowest BCUT2D eigenvalue weighted by molar-refractivity contribution is -0.134. The highest BCUT2D eigenvalue weighted by atomic mass is 16.2. The Bertz CT molecular complexity index is 567. The number of amides is 2. The topological polar surface area (TPSA) is 80.3 Å². The summed E-state index contributed by atoms with van der Waals surface area (Å²) in [5.41, 5.74) is 0. The minimum absolute atomic E-state index is 0.166. The zero-order valence-corrected chi connectivity index (χ0v) is 17.5. The fraction of sp³-hybridized carbons (Fsp3) is 0.850. The Kier molecular flexibility index (Phi) is 7.53. The first-order valence-electron chi connectivity index (χ1n) is 10.8. The highest BCUT2D eigenvalue weighted by molar-refractivity contribution is 5.81. The Balaban J connectivity index is 1.34. The van der Waals surface area contributed by atoms with Crippen molar-refractivity contribution in [3.63, 3.8) is 0 Å². The van der Waals surface area contributed by atoms with Crippen LogP contribution in [0.4, 0.5) is 0 Å². The van der Waals surface area contributed by atoms with Crippen LogP contribution in [0.2, 0.25) is 0 Å². The number of hydrogen-bond acceptors (Lipinski definition) is 4. The Hall–Kier alpha value is -1.83. The number of guanidine groups is 1. The molecule has 2 N–H and O–H groups in total. The predicted octanol–water partition coefficient (Wildman–Crippen LogP) is 0.107. The van der Waals surface area contributed by atoms with E-state index in [4.69, 9.17) is 0 Å². The largest absolute Gasteiger partial charge is 0.355 e. The second-order valence-electron chi connectivity index (χ2n) is 8.24. The Labute approximate surface area is 168 Å². The van der Waals surface area contributed by atoms with Crippen LogP contribution < -0.4 is 10.6 Å². The van der Waals surface area contributed by atoms with Crippen molar-refractivity contribution in [1.82, 2.24) is 25.3 Å². The lowest BCUT2D eigenvalue weighted by Gasteiger charge is -2.34. The number of carbonyl (C=O) groups is 2. The molecule has 3 fully saturated rings. The number of nitrogens with zero attached hydrogens (tertiary/aromatic N) is 4. The summed E-state index contributed by atoms with van der Waals surface area (Å²) in [6.07, 6.45) is 5.51. The molecule has 1 saturated carbocycles. The molecular formula is C20H36N6O2. The molecule has 3 aliphatic rings. The molecular weight excluding hydrogens is 356 g/mol. The summed E-state index contributed by atoms with van der Waals surface area (Å²) in [7, 11) is 1.79. The van der Waals surface area contributed by atoms with E-state index >= 15 is 0 Å². The van der Waals surface area contributed by atoms with Crippen LogP contribution >= 0.6 is 0 Å². The summed E-state index contributed by atoms with van der Waals surface area (Å²) in [5.74, 6) is 1.59. The highest BCUT2D eigenvalue weighted by Crippen LogP contribution is 2.27. The Morgan fingerprint density at radius 2 is 1.71 bits per heavy atom. The van der Waals surface area contributed by atoms with E-state index in [0.29, 0.717) is 5.91 Å². The first-order chi connectivity index (χ1) is 13.6. The molecule has 1 unspecified atom stereocenters. The van der Waals surface area contributed by atoms with E-state index in [1.807, 2.05) is 9.80 Å². The van der Waals surface area contributed by atoms with Crippen molar-refractivity contribution in [3.05, 3.63) is 0 Å². The average molecular weight is 393 g/mol. The number of aliphatic imine (C=N–C) groups is 1. The van der Waals surface area contributed by atoms with Crippen molar-refractivity contribution in [3.8, 4) is 0 Å². The molecule has 2 heterocycles. The van der Waals surface area contributed by atoms with Gasteiger partial charge in [0.2, 0.25) is 11.8 Å². The summed E-state index contributed by atoms with van der Waals surface area (Å²) >= 11 is 0. The lowest BCUT2D eigenvalue weighted by atomic mass is 10.1. The van der Waals surface area contributed by atoms with Crippen molar-refractivity contribution in [2.24, 2.45) is 10.9 Å². The van der Waals surface area contributed by atoms with Gasteiger partial charge >= 0.3 is 0 Å². The molecule has 0 aromatic heterocycles. The number of likely N-dealkylation sites (tertiary alicyclic amines) is 1. The molecule has 158 valence electrons. The molecule has 0 radical (unpaired) electrons. The molecule has 1 atom stereocenters. The van der Waals surface area contributed by atoms with Gasteiger partial charge in [-0.25, -0.2) is 0 Å². The maximum absolute atomic E-state index is 12.6. The predicted molar refractivity (Wildman–Crippen MR) is 110 cm³/mol. The van der Waals surface area contributed by atoms with Gasteiger partial charge in [0, 0.05) is 78.3 Å². The van der Waals surface area contributed by atoms with E-state index in [1.54, 1.807) is 14.0 Å². The summed E-state index contributed by atoms with van der Waals surface area (Å²) in [4.78, 5) is 34.6. The van der Waals surface area contributed by atoms with Crippen LogP contribution in [-0.4, -0.2) is 97.9 Å². The second kappa shape index (κ2) is 10.1. The third kappa shape index (κ3) is 5.59. The van der Waals surface area contributed by atoms with Gasteiger partial charge in [-0.15, -0.1) is 0 Å². The van der Waals surface area contributed by atoms with Gasteiger partial charge in [0.05, 0.1) is 0 Å². The quantitative estimate of drug-likeness (QED) is 0.513. The number of nitrogens with one attached hydrogen (secondary N) is 2. The van der Waals surface area contributed by atoms with E-state index in [2.05, 4.69) is 20.5 Å². The van der Waals surface area contributed by atoms with Crippen LogP contribution in [0.3, 0.4) is 0 Å². The van der Waals surface area contributed by atoms with Crippen molar-refractivity contribution < 1.29 is 9.59 Å². The van der Waals surface area contributed by atoms with E-state index in [0.717, 1.165) is 77.6 Å². The van der Waals surface area contributed by atoms with Gasteiger partial charge < -0.3 is 20.4 Å². The number of rotatable bonds is 5. The third-order valence-electron chi connectivity index (χ3n) is 6.31. The standard InChI is InChI=1S/C20H36N6O2/c1-16(27)25-13-11-24(12-14-25)10-8-22-20(21-2)23-18-7-9-26(15-18)19(28)17-5-3-4-6-17/h17-18H,3-15H2,1-2H3,(H2,21,22,23). The van der Waals surface area contributed by atoms with Crippen LogP contribution in [-0.2, 0) is 9.59 Å². The van der Waals surface area contributed by atoms with Crippen LogP contribution in [0.25, 0.3) is 0 Å². The molecule has 2 amide bonds. The normalized spacial score (nSPS) is 24.6. The first kappa shape index (κ1) is 20.9. The molecule has 8 nitrogen and oxygen atoms in total. The molecule has 1 aliphatic carbocycles. The maximum atomic E-state index is 12.6. The van der Waals surface area contributed by atoms with E-state index in [-0.39, 0.29) is 17.9 Å². The van der Waals surface area contributed by atoms with Gasteiger partial charge in [-0.05, 0) is 19.3 Å². The molecule has 0 aromatic rings. The van der Waals surface area contributed by atoms with Crippen molar-refractivity contribution in [2.45, 2.75) is 45.1 Å². The number of carbonyl (C=O) groups excluding carboxylic acids is 2. The van der Waals surface area contributed by atoms with E-state index < -0.39 is 0 Å². The number of piperazine rings is 1. The Morgan fingerprint density at radius 3 is 2.36 bits per heavy atom. The average Bonchev–Trinajstić information content (AvgIpc) is 3.39. The smallest absolute Gasteiger partial charge is 0.225 e. The molecule has 2 aliphatic heterocycles. The summed E-state index contributed by atoms with van der Waals surface area (Å²) < 4.78 is 0. The SMILES string of the molecule is CN=C(NCCN1CCN(C(C)=O)CC1)NC1CCN(C(=O)C2CCCC2)C1. The van der Waals surface area contributed by atoms with Crippen LogP contribution in [0.1, 0.15) is 39.0 Å². The zero-order valence-electron chi connectivity index (χ0n) is 17.5. The zero-order chi connectivity index (χ0) is 19.9. The molecule has 28 heavy (non-hydrogen) atoms. The van der Waals surface area contributed by atoms with E-state index in [9.17, 15) is 9.59 Å². The molecule has 0 spiro atoms. The second-order valence-corrected chi connectivity index (χ2v) is 8.24. The van der Waals surface area contributed by atoms with Gasteiger partial charge in [0.15, 0.2) is 5.96 Å². The molecule has 3 rings (SSSR count). The van der Waals surface area contributed by atoms with Crippen LogP contribution in [0.15, 0.2) is 4.99 Å². The van der Waals surface area contributed by atoms with Gasteiger partial charge in [-0.1, -0.05) is 12.8 Å². The minimum Gasteiger partial charge on any atom is -0.355 e. The van der Waals surface area contributed by atoms with Crippen molar-refractivity contribution in [1.29, 1.82) is 0 Å². The molecule has 0 aromatic carbocycles. The molecule has 0 bridgehead atoms. The molecule has 2 saturated heterocycles. The Morgan fingerprint density at radius 1 is 1.00 bits per heavy atom. The molecule has 8 heteroatoms. The van der Waals surface area contributed by atoms with Crippen LogP contribution in [0, 0.1) is 5.92 Å².